The van der Waals surface area contributed by atoms with Gasteiger partial charge in [0.2, 0.25) is 4.77 Å². The Kier molecular flexibility index (Phi) is 5.15. The van der Waals surface area contributed by atoms with Crippen molar-refractivity contribution in [3.05, 3.63) is 86.5 Å². The monoisotopic (exact) mass is 352 g/mol. The van der Waals surface area contributed by atoms with Crippen LogP contribution >= 0.6 is 12.2 Å². The van der Waals surface area contributed by atoms with Crippen LogP contribution in [-0.4, -0.2) is 21.1 Å². The van der Waals surface area contributed by atoms with E-state index in [9.17, 15) is 4.79 Å². The highest BCUT2D eigenvalue weighted by molar-refractivity contribution is 7.71. The van der Waals surface area contributed by atoms with E-state index in [4.69, 9.17) is 17.0 Å². The number of aryl methyl sites for hydroxylation is 1. The third-order valence-corrected chi connectivity index (χ3v) is 3.73. The van der Waals surface area contributed by atoms with E-state index < -0.39 is 0 Å². The Hall–Kier alpha value is -3.06. The van der Waals surface area contributed by atoms with Crippen molar-refractivity contribution in [2.45, 2.75) is 13.5 Å². The van der Waals surface area contributed by atoms with E-state index in [-0.39, 0.29) is 10.3 Å². The zero-order valence-electron chi connectivity index (χ0n) is 13.5. The minimum Gasteiger partial charge on any atom is -0.489 e. The summed E-state index contributed by atoms with van der Waals surface area (Å²) >= 11 is 5.03. The van der Waals surface area contributed by atoms with Gasteiger partial charge in [0.1, 0.15) is 18.1 Å². The zero-order chi connectivity index (χ0) is 17.6. The Balaban J connectivity index is 1.70. The third-order valence-electron chi connectivity index (χ3n) is 3.46. The molecule has 0 fully saturated rings. The molecule has 0 bridgehead atoms. The van der Waals surface area contributed by atoms with Gasteiger partial charge < -0.3 is 4.74 Å². The van der Waals surface area contributed by atoms with Crippen LogP contribution in [0.15, 0.2) is 64.5 Å². The van der Waals surface area contributed by atoms with Gasteiger partial charge in [-0.15, -0.1) is 0 Å². The van der Waals surface area contributed by atoms with Crippen molar-refractivity contribution in [3.63, 3.8) is 0 Å². The Morgan fingerprint density at radius 1 is 1.20 bits per heavy atom. The molecule has 25 heavy (non-hydrogen) atoms. The number of H-pyrrole nitrogens is 1. The highest BCUT2D eigenvalue weighted by Gasteiger charge is 2.01. The van der Waals surface area contributed by atoms with E-state index in [1.165, 1.54) is 0 Å². The molecule has 0 saturated carbocycles. The van der Waals surface area contributed by atoms with Crippen molar-refractivity contribution >= 4 is 18.4 Å². The van der Waals surface area contributed by atoms with E-state index in [0.29, 0.717) is 12.3 Å². The molecule has 126 valence electrons. The van der Waals surface area contributed by atoms with Gasteiger partial charge in [-0.05, 0) is 54.5 Å². The lowest BCUT2D eigenvalue weighted by molar-refractivity contribution is 0.306. The largest absolute Gasteiger partial charge is 0.489 e. The van der Waals surface area contributed by atoms with Crippen LogP contribution < -0.4 is 10.3 Å². The van der Waals surface area contributed by atoms with Crippen molar-refractivity contribution < 1.29 is 4.74 Å². The molecule has 0 aliphatic heterocycles. The summed E-state index contributed by atoms with van der Waals surface area (Å²) in [6.45, 7) is 2.10. The van der Waals surface area contributed by atoms with E-state index in [1.807, 2.05) is 54.6 Å². The summed E-state index contributed by atoms with van der Waals surface area (Å²) in [7, 11) is 0. The molecule has 0 amide bonds. The molecular formula is C18H16N4O2S. The second kappa shape index (κ2) is 7.67. The van der Waals surface area contributed by atoms with Crippen LogP contribution in [-0.2, 0) is 6.61 Å². The number of hydrogen-bond donors (Lipinski definition) is 1. The average molecular weight is 352 g/mol. The Morgan fingerprint density at radius 3 is 2.64 bits per heavy atom. The Labute approximate surface area is 149 Å². The van der Waals surface area contributed by atoms with Crippen LogP contribution in [0.5, 0.6) is 5.75 Å². The lowest BCUT2D eigenvalue weighted by Gasteiger charge is -2.06. The van der Waals surface area contributed by atoms with Gasteiger partial charge in [0, 0.05) is 0 Å². The minimum atomic E-state index is -0.345. The molecule has 6 nitrogen and oxygen atoms in total. The van der Waals surface area contributed by atoms with Crippen LogP contribution in [0, 0.1) is 11.7 Å². The molecule has 1 aromatic heterocycles. The van der Waals surface area contributed by atoms with Gasteiger partial charge >= 0.3 is 0 Å². The van der Waals surface area contributed by atoms with Crippen molar-refractivity contribution in [1.82, 2.24) is 14.9 Å². The van der Waals surface area contributed by atoms with Crippen LogP contribution in [0.25, 0.3) is 0 Å². The summed E-state index contributed by atoms with van der Waals surface area (Å²) in [5.41, 5.74) is 1.89. The highest BCUT2D eigenvalue weighted by Crippen LogP contribution is 2.13. The lowest BCUT2D eigenvalue weighted by Crippen LogP contribution is -2.22. The third kappa shape index (κ3) is 4.27. The van der Waals surface area contributed by atoms with Gasteiger partial charge in [-0.2, -0.15) is 14.9 Å². The number of aromatic nitrogens is 3. The minimum absolute atomic E-state index is 0.148. The first-order chi connectivity index (χ1) is 12.1. The van der Waals surface area contributed by atoms with Crippen molar-refractivity contribution in [2.75, 3.05) is 0 Å². The molecule has 0 spiro atoms. The van der Waals surface area contributed by atoms with Gasteiger partial charge in [-0.25, -0.2) is 0 Å². The van der Waals surface area contributed by atoms with Crippen LogP contribution in [0.2, 0.25) is 0 Å². The predicted molar refractivity (Wildman–Crippen MR) is 98.6 cm³/mol. The van der Waals surface area contributed by atoms with Crippen LogP contribution in [0.4, 0.5) is 0 Å². The molecule has 7 heteroatoms. The number of hydrogen-bond acceptors (Lipinski definition) is 5. The van der Waals surface area contributed by atoms with Gasteiger partial charge in [0.05, 0.1) is 6.21 Å². The molecular weight excluding hydrogens is 336 g/mol. The molecule has 0 aliphatic carbocycles. The van der Waals surface area contributed by atoms with Gasteiger partial charge in [0.25, 0.3) is 5.56 Å². The highest BCUT2D eigenvalue weighted by atomic mass is 32.1. The smallest absolute Gasteiger partial charge is 0.296 e. The first-order valence-electron chi connectivity index (χ1n) is 7.63. The number of rotatable bonds is 5. The first-order valence-corrected chi connectivity index (χ1v) is 8.04. The van der Waals surface area contributed by atoms with E-state index in [2.05, 4.69) is 15.3 Å². The molecule has 2 aromatic carbocycles. The molecule has 3 rings (SSSR count). The second-order valence-electron chi connectivity index (χ2n) is 5.32. The summed E-state index contributed by atoms with van der Waals surface area (Å²) < 4.78 is 6.99. The number of aromatic amines is 1. The molecule has 0 aliphatic rings. The fourth-order valence-corrected chi connectivity index (χ4v) is 2.27. The summed E-state index contributed by atoms with van der Waals surface area (Å²) in [4.78, 5) is 12.0. The Morgan fingerprint density at radius 2 is 1.92 bits per heavy atom. The quantitative estimate of drug-likeness (QED) is 0.566. The predicted octanol–water partition coefficient (Wildman–Crippen LogP) is 3.07. The maximum atomic E-state index is 12.0. The van der Waals surface area contributed by atoms with Crippen molar-refractivity contribution in [2.24, 2.45) is 5.10 Å². The number of ether oxygens (including phenoxy) is 1. The second-order valence-corrected chi connectivity index (χ2v) is 5.71. The Bertz CT molecular complexity index is 992. The molecule has 0 radical (unpaired) electrons. The molecule has 1 heterocycles. The summed E-state index contributed by atoms with van der Waals surface area (Å²) in [5.74, 6) is 0.759. The number of nitrogens with one attached hydrogen (secondary N) is 1. The molecule has 0 atom stereocenters. The molecule has 1 N–H and O–H groups in total. The van der Waals surface area contributed by atoms with E-state index in [1.54, 1.807) is 13.1 Å². The fourth-order valence-electron chi connectivity index (χ4n) is 2.09. The molecule has 3 aromatic rings. The number of benzene rings is 2. The average Bonchev–Trinajstić information content (AvgIpc) is 2.65. The maximum absolute atomic E-state index is 12.0. The summed E-state index contributed by atoms with van der Waals surface area (Å²) in [6, 6.07) is 17.4. The van der Waals surface area contributed by atoms with E-state index in [0.717, 1.165) is 21.6 Å². The van der Waals surface area contributed by atoms with Crippen molar-refractivity contribution in [1.29, 1.82) is 0 Å². The first kappa shape index (κ1) is 16.8. The fraction of sp³-hybridized carbons (Fsp3) is 0.111. The molecule has 0 saturated heterocycles. The zero-order valence-corrected chi connectivity index (χ0v) is 14.4. The standard InChI is InChI=1S/C18H16N4O2S/c1-13-17(23)22(18(25)21-20-13)19-11-14-7-9-16(10-8-14)24-12-15-5-3-2-4-6-15/h2-11H,12H2,1H3,(H,21,25). The number of nitrogens with zero attached hydrogens (tertiary/aromatic N) is 3. The summed E-state index contributed by atoms with van der Waals surface area (Å²) in [5, 5.41) is 10.5. The normalized spacial score (nSPS) is 10.9. The van der Waals surface area contributed by atoms with Gasteiger partial charge in [-0.3, -0.25) is 9.89 Å². The van der Waals surface area contributed by atoms with Gasteiger partial charge in [0.15, 0.2) is 0 Å². The summed E-state index contributed by atoms with van der Waals surface area (Å²) in [6.07, 6.45) is 1.56. The lowest BCUT2D eigenvalue weighted by atomic mass is 10.2. The van der Waals surface area contributed by atoms with E-state index >= 15 is 0 Å². The SMILES string of the molecule is Cc1n[nH]c(=S)n(N=Cc2ccc(OCc3ccccc3)cc2)c1=O. The van der Waals surface area contributed by atoms with Crippen molar-refractivity contribution in [3.8, 4) is 5.75 Å². The molecule has 0 unspecified atom stereocenters. The van der Waals surface area contributed by atoms with Crippen LogP contribution in [0.1, 0.15) is 16.8 Å². The van der Waals surface area contributed by atoms with Gasteiger partial charge in [-0.1, -0.05) is 30.3 Å². The maximum Gasteiger partial charge on any atom is 0.296 e. The van der Waals surface area contributed by atoms with Crippen LogP contribution in [0.3, 0.4) is 0 Å². The topological polar surface area (TPSA) is 72.3 Å².